The van der Waals surface area contributed by atoms with Crippen LogP contribution in [0.4, 0.5) is 0 Å². The summed E-state index contributed by atoms with van der Waals surface area (Å²) in [5, 5.41) is 1.53. The van der Waals surface area contributed by atoms with Crippen molar-refractivity contribution in [2.45, 2.75) is 53.3 Å². The molecule has 218 valence electrons. The van der Waals surface area contributed by atoms with Gasteiger partial charge in [-0.25, -0.2) is 9.79 Å². The van der Waals surface area contributed by atoms with E-state index in [-0.39, 0.29) is 11.7 Å². The second-order valence-electron chi connectivity index (χ2n) is 11.1. The molecule has 6 nitrogen and oxygen atoms in total. The average Bonchev–Trinajstić information content (AvgIpc) is 3.42. The van der Waals surface area contributed by atoms with E-state index in [0.29, 0.717) is 31.2 Å². The Bertz CT molecular complexity index is 2100. The summed E-state index contributed by atoms with van der Waals surface area (Å²) >= 11 is 7.99. The van der Waals surface area contributed by atoms with E-state index in [1.54, 1.807) is 31.4 Å². The highest BCUT2D eigenvalue weighted by molar-refractivity contribution is 7.07. The highest BCUT2D eigenvalue weighted by Gasteiger charge is 2.35. The molecule has 1 aliphatic heterocycles. The van der Waals surface area contributed by atoms with Gasteiger partial charge in [-0.1, -0.05) is 89.2 Å². The molecule has 43 heavy (non-hydrogen) atoms. The zero-order valence-electron chi connectivity index (χ0n) is 24.7. The molecule has 6 rings (SSSR count). The predicted molar refractivity (Wildman–Crippen MR) is 173 cm³/mol. The number of hydrogen-bond acceptors (Lipinski definition) is 5. The molecular formula is C35H32ClN3O3S. The molecule has 0 radical (unpaired) electrons. The molecule has 0 N–H and O–H groups in total. The lowest BCUT2D eigenvalue weighted by molar-refractivity contribution is -0.143. The Balaban J connectivity index is 1.55. The Morgan fingerprint density at radius 1 is 1.02 bits per heavy atom. The number of para-hydroxylation sites is 1. The van der Waals surface area contributed by atoms with Gasteiger partial charge in [0.15, 0.2) is 4.80 Å². The van der Waals surface area contributed by atoms with Gasteiger partial charge in [0, 0.05) is 33.7 Å². The third-order valence-electron chi connectivity index (χ3n) is 7.80. The molecule has 8 heteroatoms. The summed E-state index contributed by atoms with van der Waals surface area (Å²) < 4.78 is 10.0. The fraction of sp³-hybridized carbons (Fsp3) is 0.229. The minimum Gasteiger partial charge on any atom is -0.459 e. The first-order valence-corrected chi connectivity index (χ1v) is 15.4. The van der Waals surface area contributed by atoms with Crippen LogP contribution in [0, 0.1) is 13.8 Å². The second-order valence-corrected chi connectivity index (χ2v) is 12.6. The van der Waals surface area contributed by atoms with E-state index in [1.165, 1.54) is 22.5 Å². The predicted octanol–water partition coefficient (Wildman–Crippen LogP) is 6.46. The number of ether oxygens (including phenoxy) is 1. The number of aryl methyl sites for hydroxylation is 1. The Morgan fingerprint density at radius 3 is 2.44 bits per heavy atom. The standard InChI is InChI=1S/C35H32ClN3O3S/c1-20(2)42-34(41)31-22(4)37-35-39(32(31)26-11-6-8-12-28(26)36)33(40)30(43-35)18-27-23(5)38(29-13-9-7-10-25(27)29)19-24-16-14-21(3)15-17-24/h6-18,20,32H,19H2,1-5H3. The third-order valence-corrected chi connectivity index (χ3v) is 9.13. The van der Waals surface area contributed by atoms with E-state index in [9.17, 15) is 9.59 Å². The zero-order valence-corrected chi connectivity index (χ0v) is 26.3. The van der Waals surface area contributed by atoms with Gasteiger partial charge in [0.2, 0.25) is 0 Å². The number of nitrogens with zero attached hydrogens (tertiary/aromatic N) is 3. The van der Waals surface area contributed by atoms with E-state index < -0.39 is 12.0 Å². The first-order valence-electron chi connectivity index (χ1n) is 14.3. The van der Waals surface area contributed by atoms with Crippen molar-refractivity contribution >= 4 is 45.9 Å². The van der Waals surface area contributed by atoms with Crippen molar-refractivity contribution in [2.24, 2.45) is 4.99 Å². The summed E-state index contributed by atoms with van der Waals surface area (Å²) in [6, 6.07) is 23.3. The van der Waals surface area contributed by atoms with Gasteiger partial charge in [-0.05, 0) is 64.0 Å². The van der Waals surface area contributed by atoms with Crippen molar-refractivity contribution in [3.8, 4) is 0 Å². The summed E-state index contributed by atoms with van der Waals surface area (Å²) in [5.41, 5.74) is 6.81. The molecule has 0 fully saturated rings. The number of benzene rings is 3. The van der Waals surface area contributed by atoms with Crippen LogP contribution in [0.3, 0.4) is 0 Å². The number of carbonyl (C=O) groups excluding carboxylic acids is 1. The highest BCUT2D eigenvalue weighted by atomic mass is 35.5. The minimum atomic E-state index is -0.762. The van der Waals surface area contributed by atoms with Crippen LogP contribution >= 0.6 is 22.9 Å². The Morgan fingerprint density at radius 2 is 1.72 bits per heavy atom. The van der Waals surface area contributed by atoms with Gasteiger partial charge in [0.05, 0.1) is 21.9 Å². The minimum absolute atomic E-state index is 0.231. The molecule has 1 aliphatic rings. The Hall–Kier alpha value is -4.20. The number of halogens is 1. The van der Waals surface area contributed by atoms with Crippen LogP contribution in [0.15, 0.2) is 93.9 Å². The Kier molecular flexibility index (Phi) is 7.71. The van der Waals surface area contributed by atoms with Gasteiger partial charge >= 0.3 is 5.97 Å². The molecule has 0 aliphatic carbocycles. The lowest BCUT2D eigenvalue weighted by Crippen LogP contribution is -2.40. The van der Waals surface area contributed by atoms with Crippen LogP contribution in [0.25, 0.3) is 17.0 Å². The Labute approximate surface area is 258 Å². The normalized spacial score (nSPS) is 15.2. The molecule has 0 bridgehead atoms. The van der Waals surface area contributed by atoms with Crippen molar-refractivity contribution in [1.29, 1.82) is 0 Å². The molecule has 0 saturated heterocycles. The van der Waals surface area contributed by atoms with Crippen LogP contribution in [0.1, 0.15) is 54.8 Å². The summed E-state index contributed by atoms with van der Waals surface area (Å²) in [6.07, 6.45) is 1.63. The topological polar surface area (TPSA) is 65.6 Å². The van der Waals surface area contributed by atoms with E-state index >= 15 is 0 Å². The second kappa shape index (κ2) is 11.5. The number of thiazole rings is 1. The molecule has 0 spiro atoms. The van der Waals surface area contributed by atoms with E-state index in [1.807, 2.05) is 36.4 Å². The van der Waals surface area contributed by atoms with Gasteiger partial charge in [0.25, 0.3) is 5.56 Å². The van der Waals surface area contributed by atoms with E-state index in [0.717, 1.165) is 28.7 Å². The number of allylic oxidation sites excluding steroid dienone is 1. The van der Waals surface area contributed by atoms with Crippen molar-refractivity contribution in [1.82, 2.24) is 9.13 Å². The van der Waals surface area contributed by atoms with E-state index in [2.05, 4.69) is 54.8 Å². The summed E-state index contributed by atoms with van der Waals surface area (Å²) in [6.45, 7) is 10.3. The molecule has 0 saturated carbocycles. The highest BCUT2D eigenvalue weighted by Crippen LogP contribution is 2.35. The lowest BCUT2D eigenvalue weighted by atomic mass is 9.96. The number of aromatic nitrogens is 2. The molecule has 1 atom stereocenters. The third kappa shape index (κ3) is 5.28. The monoisotopic (exact) mass is 609 g/mol. The number of fused-ring (bicyclic) bond motifs is 2. The van der Waals surface area contributed by atoms with Crippen LogP contribution in [-0.2, 0) is 16.1 Å². The molecule has 2 aromatic heterocycles. The lowest BCUT2D eigenvalue weighted by Gasteiger charge is -2.26. The first-order chi connectivity index (χ1) is 20.6. The smallest absolute Gasteiger partial charge is 0.338 e. The largest absolute Gasteiger partial charge is 0.459 e. The number of hydrogen-bond donors (Lipinski definition) is 0. The SMILES string of the molecule is CC1=C(C(=O)OC(C)C)C(c2ccccc2Cl)n2c(sc(=Cc3c(C)n(Cc4ccc(C)cc4)c4ccccc34)c2=O)=N1. The quantitative estimate of drug-likeness (QED) is 0.208. The van der Waals surface area contributed by atoms with Crippen LogP contribution in [0.2, 0.25) is 5.02 Å². The molecule has 3 heterocycles. The maximum Gasteiger partial charge on any atom is 0.338 e. The molecule has 3 aromatic carbocycles. The number of esters is 1. The zero-order chi connectivity index (χ0) is 30.4. The van der Waals surface area contributed by atoms with Crippen molar-refractivity contribution in [3.63, 3.8) is 0 Å². The fourth-order valence-electron chi connectivity index (χ4n) is 5.70. The molecule has 1 unspecified atom stereocenters. The maximum atomic E-state index is 14.2. The summed E-state index contributed by atoms with van der Waals surface area (Å²) in [7, 11) is 0. The van der Waals surface area contributed by atoms with Gasteiger partial charge in [-0.2, -0.15) is 0 Å². The first kappa shape index (κ1) is 28.9. The number of carbonyl (C=O) groups is 1. The van der Waals surface area contributed by atoms with E-state index in [4.69, 9.17) is 21.3 Å². The van der Waals surface area contributed by atoms with Gasteiger partial charge in [-0.3, -0.25) is 9.36 Å². The molecular weight excluding hydrogens is 578 g/mol. The van der Waals surface area contributed by atoms with Crippen LogP contribution < -0.4 is 14.9 Å². The summed E-state index contributed by atoms with van der Waals surface area (Å²) in [5.74, 6) is -0.509. The summed E-state index contributed by atoms with van der Waals surface area (Å²) in [4.78, 5) is 32.9. The van der Waals surface area contributed by atoms with Gasteiger partial charge in [-0.15, -0.1) is 0 Å². The van der Waals surface area contributed by atoms with Crippen molar-refractivity contribution < 1.29 is 9.53 Å². The number of rotatable bonds is 6. The van der Waals surface area contributed by atoms with Crippen molar-refractivity contribution in [2.75, 3.05) is 0 Å². The van der Waals surface area contributed by atoms with Crippen molar-refractivity contribution in [3.05, 3.63) is 137 Å². The van der Waals surface area contributed by atoms with Crippen LogP contribution in [-0.4, -0.2) is 21.2 Å². The maximum absolute atomic E-state index is 14.2. The average molecular weight is 610 g/mol. The molecule has 0 amide bonds. The fourth-order valence-corrected chi connectivity index (χ4v) is 6.97. The van der Waals surface area contributed by atoms with Gasteiger partial charge in [0.1, 0.15) is 6.04 Å². The molecule has 5 aromatic rings. The van der Waals surface area contributed by atoms with Crippen LogP contribution in [0.5, 0.6) is 0 Å². The van der Waals surface area contributed by atoms with Gasteiger partial charge < -0.3 is 9.30 Å².